The Labute approximate surface area is 111 Å². The van der Waals surface area contributed by atoms with Crippen LogP contribution in [0.15, 0.2) is 60.7 Å². The Bertz CT molecular complexity index is 414. The summed E-state index contributed by atoms with van der Waals surface area (Å²) in [5, 5.41) is 0. The van der Waals surface area contributed by atoms with Gasteiger partial charge in [-0.2, -0.15) is 0 Å². The Hall–Kier alpha value is -0.761. The molecule has 0 fully saturated rings. The molecule has 2 aromatic rings. The van der Waals surface area contributed by atoms with Gasteiger partial charge >= 0.3 is 112 Å². The molecule has 0 spiro atoms. The third-order valence-corrected chi connectivity index (χ3v) is 14.1. The molecule has 0 bridgehead atoms. The van der Waals surface area contributed by atoms with Gasteiger partial charge in [0.05, 0.1) is 0 Å². The summed E-state index contributed by atoms with van der Waals surface area (Å²) in [6.07, 6.45) is 0. The quantitative estimate of drug-likeness (QED) is 0.743. The Morgan fingerprint density at radius 1 is 0.647 bits per heavy atom. The molecule has 2 aromatic carbocycles. The van der Waals surface area contributed by atoms with Gasteiger partial charge in [-0.05, 0) is 0 Å². The maximum absolute atomic E-state index is 2.40. The molecule has 17 heavy (non-hydrogen) atoms. The fourth-order valence-corrected chi connectivity index (χ4v) is 12.8. The summed E-state index contributed by atoms with van der Waals surface area (Å²) in [6, 6.07) is 22.2. The molecule has 0 aromatic heterocycles. The summed E-state index contributed by atoms with van der Waals surface area (Å²) >= 11 is -1.95. The van der Waals surface area contributed by atoms with Crippen molar-refractivity contribution in [2.24, 2.45) is 0 Å². The molecule has 0 aliphatic carbocycles. The molecule has 1 heteroatoms. The predicted octanol–water partition coefficient (Wildman–Crippen LogP) is 2.83. The molecule has 0 radical (unpaired) electrons. The maximum atomic E-state index is 2.40. The van der Waals surface area contributed by atoms with Crippen molar-refractivity contribution in [3.05, 3.63) is 60.7 Å². The Morgan fingerprint density at radius 2 is 1.00 bits per heavy atom. The Morgan fingerprint density at radius 3 is 1.29 bits per heavy atom. The van der Waals surface area contributed by atoms with E-state index in [-0.39, 0.29) is 0 Å². The third-order valence-electron chi connectivity index (χ3n) is 3.13. The van der Waals surface area contributed by atoms with Gasteiger partial charge in [0.25, 0.3) is 0 Å². The van der Waals surface area contributed by atoms with Gasteiger partial charge in [0.2, 0.25) is 0 Å². The van der Waals surface area contributed by atoms with Crippen molar-refractivity contribution in [1.29, 1.82) is 0 Å². The van der Waals surface area contributed by atoms with E-state index in [0.717, 1.165) is 0 Å². The average Bonchev–Trinajstić information content (AvgIpc) is 2.30. The molecule has 0 aliphatic heterocycles. The van der Waals surface area contributed by atoms with Crippen LogP contribution in [0.5, 0.6) is 0 Å². The number of hydrogen-bond donors (Lipinski definition) is 0. The van der Waals surface area contributed by atoms with E-state index >= 15 is 0 Å². The van der Waals surface area contributed by atoms with Gasteiger partial charge in [0.1, 0.15) is 0 Å². The summed E-state index contributed by atoms with van der Waals surface area (Å²) in [7, 11) is 0. The number of hydrogen-bond acceptors (Lipinski definition) is 0. The molecule has 0 unspecified atom stereocenters. The van der Waals surface area contributed by atoms with Crippen LogP contribution in [0, 0.1) is 0 Å². The Kier molecular flexibility index (Phi) is 3.93. The Balaban J connectivity index is 2.48. The summed E-state index contributed by atoms with van der Waals surface area (Å²) in [4.78, 5) is 0. The van der Waals surface area contributed by atoms with Gasteiger partial charge in [-0.15, -0.1) is 0 Å². The first-order chi connectivity index (χ1) is 8.09. The van der Waals surface area contributed by atoms with Gasteiger partial charge < -0.3 is 0 Å². The zero-order valence-electron chi connectivity index (χ0n) is 10.9. The van der Waals surface area contributed by atoms with Crippen molar-refractivity contribution in [2.45, 2.75) is 24.2 Å². The van der Waals surface area contributed by atoms with Crippen LogP contribution in [0.25, 0.3) is 0 Å². The average molecular weight is 331 g/mol. The van der Waals surface area contributed by atoms with Gasteiger partial charge in [0, 0.05) is 0 Å². The predicted molar refractivity (Wildman–Crippen MR) is 79.0 cm³/mol. The van der Waals surface area contributed by atoms with Gasteiger partial charge in [-0.25, -0.2) is 0 Å². The van der Waals surface area contributed by atoms with Crippen molar-refractivity contribution in [2.75, 3.05) is 0 Å². The third kappa shape index (κ3) is 3.12. The molecule has 0 saturated carbocycles. The normalized spacial score (nSPS) is 11.8. The van der Waals surface area contributed by atoms with Crippen LogP contribution in [0.3, 0.4) is 0 Å². The monoisotopic (exact) mass is 332 g/mol. The van der Waals surface area contributed by atoms with Crippen LogP contribution in [-0.4, -0.2) is 19.8 Å². The number of rotatable bonds is 2. The van der Waals surface area contributed by atoms with E-state index in [1.807, 2.05) is 0 Å². The topological polar surface area (TPSA) is 0 Å². The molecule has 0 aliphatic rings. The minimum absolute atomic E-state index is 0.435. The molecule has 0 nitrogen and oxygen atoms in total. The molecule has 88 valence electrons. The van der Waals surface area contributed by atoms with Crippen LogP contribution >= 0.6 is 0 Å². The van der Waals surface area contributed by atoms with Gasteiger partial charge in [-0.3, -0.25) is 0 Å². The molecule has 0 heterocycles. The zero-order valence-corrected chi connectivity index (χ0v) is 14.1. The van der Waals surface area contributed by atoms with Crippen molar-refractivity contribution in [3.8, 4) is 0 Å². The molecule has 0 amide bonds. The van der Waals surface area contributed by atoms with Gasteiger partial charge in [0.15, 0.2) is 0 Å². The summed E-state index contributed by atoms with van der Waals surface area (Å²) in [6.45, 7) is 7.19. The van der Waals surface area contributed by atoms with E-state index in [4.69, 9.17) is 0 Å². The summed E-state index contributed by atoms with van der Waals surface area (Å²) in [5.74, 6) is 0. The van der Waals surface area contributed by atoms with Crippen molar-refractivity contribution in [3.63, 3.8) is 0 Å². The summed E-state index contributed by atoms with van der Waals surface area (Å²) in [5.41, 5.74) is 0. The minimum atomic E-state index is -1.95. The summed E-state index contributed by atoms with van der Waals surface area (Å²) < 4.78 is 3.64. The van der Waals surface area contributed by atoms with E-state index in [1.165, 1.54) is 0 Å². The second-order valence-electron chi connectivity index (χ2n) is 5.62. The van der Waals surface area contributed by atoms with Crippen LogP contribution in [0.2, 0.25) is 3.43 Å². The first kappa shape index (κ1) is 12.7. The second kappa shape index (κ2) is 5.26. The van der Waals surface area contributed by atoms with Crippen LogP contribution in [-0.2, 0) is 0 Å². The second-order valence-corrected chi connectivity index (χ2v) is 16.8. The first-order valence-corrected chi connectivity index (χ1v) is 11.1. The van der Waals surface area contributed by atoms with E-state index in [1.54, 1.807) is 7.16 Å². The molecule has 0 atom stereocenters. The fourth-order valence-electron chi connectivity index (χ4n) is 2.48. The van der Waals surface area contributed by atoms with E-state index in [2.05, 4.69) is 81.4 Å². The van der Waals surface area contributed by atoms with Gasteiger partial charge in [-0.1, -0.05) is 0 Å². The van der Waals surface area contributed by atoms with Crippen LogP contribution in [0.4, 0.5) is 0 Å². The first-order valence-electron chi connectivity index (χ1n) is 6.19. The molecule has 0 N–H and O–H groups in total. The van der Waals surface area contributed by atoms with E-state index < -0.39 is 19.8 Å². The van der Waals surface area contributed by atoms with Crippen molar-refractivity contribution < 1.29 is 0 Å². The zero-order chi connectivity index (χ0) is 12.3. The van der Waals surface area contributed by atoms with Crippen LogP contribution in [0.1, 0.15) is 20.8 Å². The van der Waals surface area contributed by atoms with Crippen molar-refractivity contribution >= 4 is 26.9 Å². The molecular weight excluding hydrogens is 311 g/mol. The molecule has 2 rings (SSSR count). The SMILES string of the molecule is C[C](C)(C)[SnH]([c]1ccccc1)[c]1ccccc1. The standard InChI is InChI=1S/2C6H5.C4H9.Sn.H/c2*1-2-4-6-5-3-1;1-4(2)3;;/h2*1-5H;1-3H3;;. The van der Waals surface area contributed by atoms with E-state index in [9.17, 15) is 0 Å². The van der Waals surface area contributed by atoms with E-state index in [0.29, 0.717) is 3.43 Å². The van der Waals surface area contributed by atoms with Crippen molar-refractivity contribution in [1.82, 2.24) is 0 Å². The number of benzene rings is 2. The molecular formula is C16H20Sn. The fraction of sp³-hybridized carbons (Fsp3) is 0.250. The van der Waals surface area contributed by atoms with Crippen LogP contribution < -0.4 is 7.16 Å². The molecule has 0 saturated heterocycles.